The maximum absolute atomic E-state index is 13.6. The highest BCUT2D eigenvalue weighted by Gasteiger charge is 2.33. The topological polar surface area (TPSA) is 123 Å². The Labute approximate surface area is 226 Å². The zero-order chi connectivity index (χ0) is 26.2. The number of aromatic nitrogens is 5. The van der Waals surface area contributed by atoms with E-state index in [1.165, 1.54) is 11.3 Å². The quantitative estimate of drug-likeness (QED) is 0.310. The number of aryl methyl sites for hydroxylation is 1. The van der Waals surface area contributed by atoms with Crippen LogP contribution < -0.4 is 10.6 Å². The zero-order valence-corrected chi connectivity index (χ0v) is 21.9. The van der Waals surface area contributed by atoms with Gasteiger partial charge in [-0.05, 0) is 19.1 Å². The molecule has 0 radical (unpaired) electrons. The van der Waals surface area contributed by atoms with E-state index in [0.29, 0.717) is 55.9 Å². The van der Waals surface area contributed by atoms with E-state index in [0.717, 1.165) is 11.1 Å². The van der Waals surface area contributed by atoms with E-state index in [2.05, 4.69) is 30.9 Å². The van der Waals surface area contributed by atoms with Gasteiger partial charge in [0.1, 0.15) is 28.1 Å². The van der Waals surface area contributed by atoms with Gasteiger partial charge in [-0.15, -0.1) is 10.2 Å². The zero-order valence-electron chi connectivity index (χ0n) is 20.3. The van der Waals surface area contributed by atoms with Crippen LogP contribution in [-0.2, 0) is 18.3 Å². The molecule has 3 aromatic heterocycles. The number of carbonyl (C=O) groups is 1. The van der Waals surface area contributed by atoms with E-state index >= 15 is 0 Å². The number of nitrogens with one attached hydrogen (secondary N) is 2. The third-order valence-corrected chi connectivity index (χ3v) is 7.11. The van der Waals surface area contributed by atoms with E-state index < -0.39 is 6.04 Å². The molecule has 38 heavy (non-hydrogen) atoms. The first kappa shape index (κ1) is 24.0. The summed E-state index contributed by atoms with van der Waals surface area (Å²) in [5.74, 6) is 0.716. The molecule has 10 nitrogen and oxygen atoms in total. The predicted molar refractivity (Wildman–Crippen MR) is 146 cm³/mol. The maximum Gasteiger partial charge on any atom is 0.257 e. The standard InChI is InChI=1S/C26H21ClN8O2S/c1-14-21(24(36)31-26-33-32-25(38-26)15-8-4-3-5-9-15)23(22-16(27)13-35(2)34-22)30-19(28-14)12-20-29-17-10-6-7-11-18(17)37-20/h3-11,13,23H,12H2,1-2H3,(H,28,30)(H,31,33,36). The second kappa shape index (κ2) is 9.84. The molecule has 1 atom stereocenters. The molecule has 4 heterocycles. The Morgan fingerprint density at radius 2 is 1.95 bits per heavy atom. The van der Waals surface area contributed by atoms with Gasteiger partial charge >= 0.3 is 0 Å². The van der Waals surface area contributed by atoms with Crippen LogP contribution in [0.2, 0.25) is 5.02 Å². The average Bonchev–Trinajstić information content (AvgIpc) is 3.62. The molecule has 0 saturated carbocycles. The summed E-state index contributed by atoms with van der Waals surface area (Å²) in [5, 5.41) is 20.5. The van der Waals surface area contributed by atoms with Crippen LogP contribution in [0.5, 0.6) is 0 Å². The number of amides is 1. The number of allylic oxidation sites excluding steroid dienone is 1. The first-order valence-corrected chi connectivity index (χ1v) is 12.9. The monoisotopic (exact) mass is 544 g/mol. The number of aliphatic imine (C=N–C) groups is 1. The molecule has 1 aliphatic rings. The SMILES string of the molecule is CC1=C(C(=O)Nc2nnc(-c3ccccc3)s2)C(c2nn(C)cc2Cl)N=C(Cc2nc3ccccc3o2)N1. The fourth-order valence-electron chi connectivity index (χ4n) is 4.26. The van der Waals surface area contributed by atoms with Gasteiger partial charge in [0.05, 0.1) is 17.0 Å². The second-order valence-electron chi connectivity index (χ2n) is 8.66. The first-order valence-electron chi connectivity index (χ1n) is 11.7. The molecule has 6 rings (SSSR count). The van der Waals surface area contributed by atoms with Crippen LogP contribution >= 0.6 is 22.9 Å². The molecule has 0 aliphatic carbocycles. The molecule has 12 heteroatoms. The van der Waals surface area contributed by atoms with E-state index in [9.17, 15) is 4.79 Å². The number of amidine groups is 1. The Bertz CT molecular complexity index is 1690. The van der Waals surface area contributed by atoms with Crippen molar-refractivity contribution in [3.8, 4) is 10.6 Å². The summed E-state index contributed by atoms with van der Waals surface area (Å²) in [5.41, 5.74) is 3.85. The highest BCUT2D eigenvalue weighted by Crippen LogP contribution is 2.35. The highest BCUT2D eigenvalue weighted by atomic mass is 35.5. The number of benzene rings is 2. The summed E-state index contributed by atoms with van der Waals surface area (Å²) in [6.07, 6.45) is 1.98. The van der Waals surface area contributed by atoms with Crippen LogP contribution in [0.1, 0.15) is 24.6 Å². The Morgan fingerprint density at radius 1 is 1.16 bits per heavy atom. The molecule has 1 unspecified atom stereocenters. The normalized spacial score (nSPS) is 15.4. The van der Waals surface area contributed by atoms with Gasteiger partial charge in [-0.2, -0.15) is 5.10 Å². The lowest BCUT2D eigenvalue weighted by molar-refractivity contribution is -0.113. The Balaban J connectivity index is 1.30. The molecule has 190 valence electrons. The van der Waals surface area contributed by atoms with Crippen molar-refractivity contribution in [2.45, 2.75) is 19.4 Å². The van der Waals surface area contributed by atoms with E-state index in [-0.39, 0.29) is 5.91 Å². The van der Waals surface area contributed by atoms with Crippen LogP contribution in [0.25, 0.3) is 21.7 Å². The number of carbonyl (C=O) groups excluding carboxylic acids is 1. The summed E-state index contributed by atoms with van der Waals surface area (Å²) in [7, 11) is 1.77. The summed E-state index contributed by atoms with van der Waals surface area (Å²) in [6.45, 7) is 1.81. The Morgan fingerprint density at radius 3 is 2.71 bits per heavy atom. The van der Waals surface area contributed by atoms with Gasteiger partial charge in [-0.1, -0.05) is 65.4 Å². The van der Waals surface area contributed by atoms with Crippen LogP contribution in [-0.4, -0.2) is 36.7 Å². The molecule has 2 aromatic carbocycles. The number of halogens is 1. The highest BCUT2D eigenvalue weighted by molar-refractivity contribution is 7.18. The van der Waals surface area contributed by atoms with Crippen molar-refractivity contribution in [3.05, 3.63) is 88.7 Å². The molecule has 1 amide bonds. The molecule has 2 N–H and O–H groups in total. The average molecular weight is 545 g/mol. The van der Waals surface area contributed by atoms with Gasteiger partial charge in [0.15, 0.2) is 5.58 Å². The molecule has 0 bridgehead atoms. The first-order chi connectivity index (χ1) is 18.4. The number of anilines is 1. The molecule has 1 aliphatic heterocycles. The van der Waals surface area contributed by atoms with Crippen LogP contribution in [0.15, 0.2) is 81.5 Å². The molecule has 0 spiro atoms. The van der Waals surface area contributed by atoms with Crippen LogP contribution in [0.4, 0.5) is 5.13 Å². The number of para-hydroxylation sites is 2. The largest absolute Gasteiger partial charge is 0.440 e. The van der Waals surface area contributed by atoms with Gasteiger partial charge in [0, 0.05) is 24.5 Å². The fourth-order valence-corrected chi connectivity index (χ4v) is 5.29. The van der Waals surface area contributed by atoms with E-state index in [1.807, 2.05) is 61.5 Å². The number of fused-ring (bicyclic) bond motifs is 1. The Hall–Kier alpha value is -4.35. The van der Waals surface area contributed by atoms with Gasteiger partial charge in [0.25, 0.3) is 5.91 Å². The molecule has 0 saturated heterocycles. The van der Waals surface area contributed by atoms with Crippen molar-refractivity contribution >= 4 is 50.9 Å². The minimum atomic E-state index is -0.745. The smallest absolute Gasteiger partial charge is 0.257 e. The predicted octanol–water partition coefficient (Wildman–Crippen LogP) is 4.93. The van der Waals surface area contributed by atoms with Gasteiger partial charge in [-0.3, -0.25) is 19.8 Å². The molecule has 5 aromatic rings. The van der Waals surface area contributed by atoms with Crippen molar-refractivity contribution < 1.29 is 9.21 Å². The number of hydrogen-bond donors (Lipinski definition) is 2. The van der Waals surface area contributed by atoms with Crippen molar-refractivity contribution in [1.82, 2.24) is 30.3 Å². The minimum Gasteiger partial charge on any atom is -0.440 e. The van der Waals surface area contributed by atoms with Crippen LogP contribution in [0.3, 0.4) is 0 Å². The number of hydrogen-bond acceptors (Lipinski definition) is 9. The number of nitrogens with zero attached hydrogens (tertiary/aromatic N) is 6. The lowest BCUT2D eigenvalue weighted by Crippen LogP contribution is -2.34. The van der Waals surface area contributed by atoms with Crippen molar-refractivity contribution in [3.63, 3.8) is 0 Å². The summed E-state index contributed by atoms with van der Waals surface area (Å²) in [6, 6.07) is 16.5. The number of oxazole rings is 1. The third kappa shape index (κ3) is 4.69. The maximum atomic E-state index is 13.6. The summed E-state index contributed by atoms with van der Waals surface area (Å²) >= 11 is 7.80. The Kier molecular flexibility index (Phi) is 6.22. The van der Waals surface area contributed by atoms with Gasteiger partial charge in [-0.25, -0.2) is 4.98 Å². The second-order valence-corrected chi connectivity index (χ2v) is 10.0. The lowest BCUT2D eigenvalue weighted by Gasteiger charge is -2.25. The van der Waals surface area contributed by atoms with Crippen molar-refractivity contribution in [2.24, 2.45) is 12.0 Å². The minimum absolute atomic E-state index is 0.304. The van der Waals surface area contributed by atoms with Crippen molar-refractivity contribution in [1.29, 1.82) is 0 Å². The molecular formula is C26H21ClN8O2S. The summed E-state index contributed by atoms with van der Waals surface area (Å²) < 4.78 is 7.47. The lowest BCUT2D eigenvalue weighted by atomic mass is 9.99. The summed E-state index contributed by atoms with van der Waals surface area (Å²) in [4.78, 5) is 22.9. The van der Waals surface area contributed by atoms with E-state index in [1.54, 1.807) is 17.9 Å². The van der Waals surface area contributed by atoms with Gasteiger partial charge < -0.3 is 9.73 Å². The number of rotatable bonds is 6. The van der Waals surface area contributed by atoms with Gasteiger partial charge in [0.2, 0.25) is 11.0 Å². The van der Waals surface area contributed by atoms with Crippen molar-refractivity contribution in [2.75, 3.05) is 5.32 Å². The molecular weight excluding hydrogens is 524 g/mol. The third-order valence-electron chi connectivity index (χ3n) is 5.93. The molecule has 0 fully saturated rings. The van der Waals surface area contributed by atoms with E-state index in [4.69, 9.17) is 21.0 Å². The fraction of sp³-hybridized carbons (Fsp3) is 0.154. The van der Waals surface area contributed by atoms with Crippen LogP contribution in [0, 0.1) is 0 Å².